The number of hydrogen-bond acceptors (Lipinski definition) is 3. The lowest BCUT2D eigenvalue weighted by atomic mass is 10.1. The van der Waals surface area contributed by atoms with Crippen LogP contribution < -0.4 is 5.32 Å². The number of anilines is 1. The molecule has 0 bridgehead atoms. The number of benzene rings is 1. The summed E-state index contributed by atoms with van der Waals surface area (Å²) in [5, 5.41) is 2.63. The summed E-state index contributed by atoms with van der Waals surface area (Å²) >= 11 is 3.23. The third-order valence-electron chi connectivity index (χ3n) is 2.13. The molecule has 86 valence electrons. The Hall–Kier alpha value is -1.75. The first-order valence-corrected chi connectivity index (χ1v) is 5.80. The van der Waals surface area contributed by atoms with Crippen molar-refractivity contribution < 1.29 is 4.79 Å². The van der Waals surface area contributed by atoms with Crippen LogP contribution in [0.2, 0.25) is 0 Å². The predicted molar refractivity (Wildman–Crippen MR) is 68.9 cm³/mol. The molecule has 1 aromatic heterocycles. The summed E-state index contributed by atoms with van der Waals surface area (Å²) in [7, 11) is 0. The average Bonchev–Trinajstić information content (AvgIpc) is 2.32. The highest BCUT2D eigenvalue weighted by atomic mass is 79.9. The van der Waals surface area contributed by atoms with Gasteiger partial charge in [0.25, 0.3) is 5.91 Å². The van der Waals surface area contributed by atoms with Crippen molar-refractivity contribution in [3.8, 4) is 0 Å². The molecule has 0 aliphatic rings. The van der Waals surface area contributed by atoms with Crippen molar-refractivity contribution in [3.63, 3.8) is 0 Å². The largest absolute Gasteiger partial charge is 0.290 e. The minimum atomic E-state index is -0.212. The summed E-state index contributed by atoms with van der Waals surface area (Å²) in [5.74, 6) is 0.0794. The zero-order valence-electron chi connectivity index (χ0n) is 9.14. The molecule has 0 unspecified atom stereocenters. The summed E-state index contributed by atoms with van der Waals surface area (Å²) in [6, 6.07) is 7.34. The van der Waals surface area contributed by atoms with Crippen LogP contribution >= 0.6 is 15.9 Å². The molecule has 1 heterocycles. The Balaban J connectivity index is 2.14. The van der Waals surface area contributed by atoms with Crippen molar-refractivity contribution in [2.75, 3.05) is 5.32 Å². The molecule has 1 amide bonds. The van der Waals surface area contributed by atoms with E-state index in [9.17, 15) is 4.79 Å². The molecule has 0 aliphatic heterocycles. The van der Waals surface area contributed by atoms with Crippen LogP contribution in [0.5, 0.6) is 0 Å². The van der Waals surface area contributed by atoms with Crippen molar-refractivity contribution in [2.24, 2.45) is 0 Å². The summed E-state index contributed by atoms with van der Waals surface area (Å²) in [6.07, 6.45) is 3.16. The van der Waals surface area contributed by atoms with E-state index in [-0.39, 0.29) is 5.91 Å². The SMILES string of the molecule is Cc1cccc(C(=O)Nc2ncc(Br)cn2)c1. The lowest BCUT2D eigenvalue weighted by molar-refractivity contribution is 0.102. The molecule has 17 heavy (non-hydrogen) atoms. The van der Waals surface area contributed by atoms with Crippen molar-refractivity contribution in [1.29, 1.82) is 0 Å². The maximum absolute atomic E-state index is 11.8. The first kappa shape index (κ1) is 11.7. The topological polar surface area (TPSA) is 54.9 Å². The smallest absolute Gasteiger partial charge is 0.258 e. The van der Waals surface area contributed by atoms with Gasteiger partial charge in [0.2, 0.25) is 5.95 Å². The molecule has 0 fully saturated rings. The number of nitrogens with zero attached hydrogens (tertiary/aromatic N) is 2. The van der Waals surface area contributed by atoms with Crippen LogP contribution in [-0.2, 0) is 0 Å². The van der Waals surface area contributed by atoms with Crippen molar-refractivity contribution in [1.82, 2.24) is 9.97 Å². The normalized spacial score (nSPS) is 10.0. The van der Waals surface area contributed by atoms with Gasteiger partial charge in [-0.25, -0.2) is 9.97 Å². The van der Waals surface area contributed by atoms with Gasteiger partial charge in [-0.2, -0.15) is 0 Å². The average molecular weight is 292 g/mol. The predicted octanol–water partition coefficient (Wildman–Crippen LogP) is 2.80. The van der Waals surface area contributed by atoms with Crippen molar-refractivity contribution in [3.05, 3.63) is 52.3 Å². The highest BCUT2D eigenvalue weighted by molar-refractivity contribution is 9.10. The van der Waals surface area contributed by atoms with Crippen LogP contribution in [0.4, 0.5) is 5.95 Å². The summed E-state index contributed by atoms with van der Waals surface area (Å²) in [5.41, 5.74) is 1.63. The van der Waals surface area contributed by atoms with E-state index in [1.165, 1.54) is 0 Å². The third kappa shape index (κ3) is 3.10. The standard InChI is InChI=1S/C12H10BrN3O/c1-8-3-2-4-9(5-8)11(17)16-12-14-6-10(13)7-15-12/h2-7H,1H3,(H,14,15,16,17). The number of carbonyl (C=O) groups is 1. The van der Waals surface area contributed by atoms with Gasteiger partial charge in [-0.1, -0.05) is 17.7 Å². The van der Waals surface area contributed by atoms with Crippen molar-refractivity contribution in [2.45, 2.75) is 6.92 Å². The lowest BCUT2D eigenvalue weighted by Crippen LogP contribution is -2.14. The Bertz CT molecular complexity index is 540. The molecule has 0 spiro atoms. The molecule has 4 nitrogen and oxygen atoms in total. The number of aromatic nitrogens is 2. The van der Waals surface area contributed by atoms with E-state index in [1.807, 2.05) is 25.1 Å². The van der Waals surface area contributed by atoms with Gasteiger partial charge in [0.15, 0.2) is 0 Å². The van der Waals surface area contributed by atoms with Crippen LogP contribution in [0.1, 0.15) is 15.9 Å². The van der Waals surface area contributed by atoms with Gasteiger partial charge in [0, 0.05) is 18.0 Å². The Labute approximate surface area is 107 Å². The van der Waals surface area contributed by atoms with Crippen LogP contribution in [0.25, 0.3) is 0 Å². The molecule has 0 radical (unpaired) electrons. The minimum Gasteiger partial charge on any atom is -0.290 e. The lowest BCUT2D eigenvalue weighted by Gasteiger charge is -2.03. The van der Waals surface area contributed by atoms with Gasteiger partial charge in [0.1, 0.15) is 0 Å². The fraction of sp³-hybridized carbons (Fsp3) is 0.0833. The van der Waals surface area contributed by atoms with E-state index in [2.05, 4.69) is 31.2 Å². The Kier molecular flexibility index (Phi) is 3.49. The molecule has 2 aromatic rings. The second-order valence-electron chi connectivity index (χ2n) is 3.55. The van der Waals surface area contributed by atoms with Gasteiger partial charge in [-0.15, -0.1) is 0 Å². The summed E-state index contributed by atoms with van der Waals surface area (Å²) in [4.78, 5) is 19.8. The van der Waals surface area contributed by atoms with Gasteiger partial charge in [-0.3, -0.25) is 10.1 Å². The zero-order valence-corrected chi connectivity index (χ0v) is 10.7. The first-order valence-electron chi connectivity index (χ1n) is 5.01. The van der Waals surface area contributed by atoms with Crippen molar-refractivity contribution >= 4 is 27.8 Å². The van der Waals surface area contributed by atoms with Crippen LogP contribution in [0.3, 0.4) is 0 Å². The number of hydrogen-bond donors (Lipinski definition) is 1. The van der Waals surface area contributed by atoms with E-state index in [4.69, 9.17) is 0 Å². The summed E-state index contributed by atoms with van der Waals surface area (Å²) in [6.45, 7) is 1.94. The van der Waals surface area contributed by atoms with Gasteiger partial charge in [-0.05, 0) is 35.0 Å². The molecule has 0 aliphatic carbocycles. The minimum absolute atomic E-state index is 0.212. The first-order chi connectivity index (χ1) is 8.15. The zero-order chi connectivity index (χ0) is 12.3. The molecule has 2 rings (SSSR count). The fourth-order valence-electron chi connectivity index (χ4n) is 1.34. The van der Waals surface area contributed by atoms with E-state index >= 15 is 0 Å². The quantitative estimate of drug-likeness (QED) is 0.926. The van der Waals surface area contributed by atoms with Gasteiger partial charge in [0.05, 0.1) is 4.47 Å². The van der Waals surface area contributed by atoms with E-state index in [0.29, 0.717) is 11.5 Å². The Morgan fingerprint density at radius 2 is 2.00 bits per heavy atom. The Morgan fingerprint density at radius 3 is 2.65 bits per heavy atom. The second-order valence-corrected chi connectivity index (χ2v) is 4.46. The molecule has 5 heteroatoms. The van der Waals surface area contributed by atoms with Gasteiger partial charge < -0.3 is 0 Å². The van der Waals surface area contributed by atoms with Crippen LogP contribution in [0.15, 0.2) is 41.1 Å². The van der Waals surface area contributed by atoms with Gasteiger partial charge >= 0.3 is 0 Å². The van der Waals surface area contributed by atoms with Crippen LogP contribution in [0, 0.1) is 6.92 Å². The van der Waals surface area contributed by atoms with E-state index < -0.39 is 0 Å². The number of amides is 1. The Morgan fingerprint density at radius 1 is 1.29 bits per heavy atom. The molecule has 0 atom stereocenters. The number of nitrogens with one attached hydrogen (secondary N) is 1. The number of carbonyl (C=O) groups excluding carboxylic acids is 1. The highest BCUT2D eigenvalue weighted by Crippen LogP contribution is 2.09. The highest BCUT2D eigenvalue weighted by Gasteiger charge is 2.07. The molecule has 0 saturated heterocycles. The monoisotopic (exact) mass is 291 g/mol. The summed E-state index contributed by atoms with van der Waals surface area (Å²) < 4.78 is 0.769. The van der Waals surface area contributed by atoms with E-state index in [1.54, 1.807) is 18.5 Å². The molecular formula is C12H10BrN3O. The molecular weight excluding hydrogens is 282 g/mol. The third-order valence-corrected chi connectivity index (χ3v) is 2.54. The fourth-order valence-corrected chi connectivity index (χ4v) is 1.54. The van der Waals surface area contributed by atoms with E-state index in [0.717, 1.165) is 10.0 Å². The molecule has 1 N–H and O–H groups in total. The number of rotatable bonds is 2. The molecule has 1 aromatic carbocycles. The van der Waals surface area contributed by atoms with Crippen LogP contribution in [-0.4, -0.2) is 15.9 Å². The molecule has 0 saturated carbocycles. The maximum Gasteiger partial charge on any atom is 0.258 e. The number of aryl methyl sites for hydroxylation is 1. The second kappa shape index (κ2) is 5.05. The number of halogens is 1. The maximum atomic E-state index is 11.8.